The molecular weight excluding hydrogens is 230 g/mol. The molecule has 2 N–H and O–H groups in total. The van der Waals surface area contributed by atoms with Gasteiger partial charge in [-0.25, -0.2) is 0 Å². The first-order valence-electron chi connectivity index (χ1n) is 7.87. The molecule has 1 aliphatic carbocycles. The molecule has 0 radical (unpaired) electrons. The summed E-state index contributed by atoms with van der Waals surface area (Å²) in [5.74, 6) is 0.907. The van der Waals surface area contributed by atoms with Gasteiger partial charge in [0.15, 0.2) is 0 Å². The smallest absolute Gasteiger partial charge is 0.0195 e. The van der Waals surface area contributed by atoms with E-state index >= 15 is 0 Å². The molecule has 1 aliphatic rings. The summed E-state index contributed by atoms with van der Waals surface area (Å²) < 4.78 is 0. The lowest BCUT2D eigenvalue weighted by Crippen LogP contribution is -2.41. The number of aryl methyl sites for hydroxylation is 2. The second kappa shape index (κ2) is 6.09. The van der Waals surface area contributed by atoms with Crippen molar-refractivity contribution in [3.63, 3.8) is 0 Å². The molecule has 0 spiro atoms. The molecule has 0 aliphatic heterocycles. The van der Waals surface area contributed by atoms with Gasteiger partial charge in [-0.05, 0) is 51.0 Å². The SMILES string of the molecule is CCC1CCCC(N)(Cc2cc(C)cc(C)c2)CC1. The van der Waals surface area contributed by atoms with Crippen LogP contribution in [-0.4, -0.2) is 5.54 Å². The molecule has 2 unspecified atom stereocenters. The van der Waals surface area contributed by atoms with Crippen LogP contribution in [-0.2, 0) is 6.42 Å². The quantitative estimate of drug-likeness (QED) is 0.793. The molecule has 1 nitrogen and oxygen atoms in total. The number of rotatable bonds is 3. The fraction of sp³-hybridized carbons (Fsp3) is 0.667. The molecule has 1 heteroatoms. The van der Waals surface area contributed by atoms with Gasteiger partial charge in [-0.2, -0.15) is 0 Å². The van der Waals surface area contributed by atoms with Crippen LogP contribution in [0.2, 0.25) is 0 Å². The van der Waals surface area contributed by atoms with Crippen molar-refractivity contribution in [2.45, 2.75) is 71.3 Å². The minimum absolute atomic E-state index is 0.0319. The van der Waals surface area contributed by atoms with E-state index in [0.717, 1.165) is 12.3 Å². The van der Waals surface area contributed by atoms with Crippen LogP contribution in [0, 0.1) is 19.8 Å². The van der Waals surface area contributed by atoms with E-state index in [4.69, 9.17) is 5.73 Å². The molecule has 0 saturated heterocycles. The largest absolute Gasteiger partial charge is 0.325 e. The molecule has 0 aromatic heterocycles. The Labute approximate surface area is 118 Å². The Morgan fingerprint density at radius 1 is 1.11 bits per heavy atom. The summed E-state index contributed by atoms with van der Waals surface area (Å²) in [5.41, 5.74) is 10.9. The van der Waals surface area contributed by atoms with Gasteiger partial charge in [0.05, 0.1) is 0 Å². The maximum atomic E-state index is 6.71. The first-order valence-corrected chi connectivity index (χ1v) is 7.87. The zero-order chi connectivity index (χ0) is 13.9. The Bertz CT molecular complexity index is 403. The molecule has 1 aromatic carbocycles. The highest BCUT2D eigenvalue weighted by Gasteiger charge is 2.29. The second-order valence-electron chi connectivity index (χ2n) is 6.74. The standard InChI is InChI=1S/C18H29N/c1-4-16-6-5-8-18(19,9-7-16)13-17-11-14(2)10-15(3)12-17/h10-12,16H,4-9,13,19H2,1-3H3. The van der Waals surface area contributed by atoms with E-state index in [1.165, 1.54) is 55.2 Å². The maximum Gasteiger partial charge on any atom is 0.0195 e. The molecule has 0 heterocycles. The summed E-state index contributed by atoms with van der Waals surface area (Å²) in [6, 6.07) is 6.86. The van der Waals surface area contributed by atoms with Gasteiger partial charge in [-0.15, -0.1) is 0 Å². The van der Waals surface area contributed by atoms with Gasteiger partial charge in [0.25, 0.3) is 0 Å². The van der Waals surface area contributed by atoms with Crippen LogP contribution in [0.1, 0.15) is 62.1 Å². The Kier molecular flexibility index (Phi) is 4.67. The van der Waals surface area contributed by atoms with Crippen LogP contribution < -0.4 is 5.73 Å². The van der Waals surface area contributed by atoms with E-state index in [2.05, 4.69) is 39.0 Å². The monoisotopic (exact) mass is 259 g/mol. The maximum absolute atomic E-state index is 6.71. The van der Waals surface area contributed by atoms with Gasteiger partial charge >= 0.3 is 0 Å². The molecule has 2 atom stereocenters. The van der Waals surface area contributed by atoms with Crippen LogP contribution in [0.15, 0.2) is 18.2 Å². The van der Waals surface area contributed by atoms with Gasteiger partial charge in [0.2, 0.25) is 0 Å². The van der Waals surface area contributed by atoms with Crippen LogP contribution in [0.3, 0.4) is 0 Å². The molecule has 0 amide bonds. The van der Waals surface area contributed by atoms with E-state index in [0.29, 0.717) is 0 Å². The Morgan fingerprint density at radius 3 is 2.42 bits per heavy atom. The zero-order valence-corrected chi connectivity index (χ0v) is 12.8. The summed E-state index contributed by atoms with van der Waals surface area (Å²) in [7, 11) is 0. The van der Waals surface area contributed by atoms with Crippen LogP contribution in [0.25, 0.3) is 0 Å². The lowest BCUT2D eigenvalue weighted by Gasteiger charge is -2.28. The minimum Gasteiger partial charge on any atom is -0.325 e. The number of nitrogens with two attached hydrogens (primary N) is 1. The van der Waals surface area contributed by atoms with Crippen molar-refractivity contribution in [1.29, 1.82) is 0 Å². The second-order valence-corrected chi connectivity index (χ2v) is 6.74. The predicted molar refractivity (Wildman–Crippen MR) is 83.4 cm³/mol. The van der Waals surface area contributed by atoms with Crippen molar-refractivity contribution in [3.05, 3.63) is 34.9 Å². The number of benzene rings is 1. The Hall–Kier alpha value is -0.820. The zero-order valence-electron chi connectivity index (χ0n) is 12.8. The summed E-state index contributed by atoms with van der Waals surface area (Å²) in [5, 5.41) is 0. The third kappa shape index (κ3) is 4.07. The average Bonchev–Trinajstić information content (AvgIpc) is 2.49. The fourth-order valence-electron chi connectivity index (χ4n) is 3.67. The summed E-state index contributed by atoms with van der Waals surface area (Å²) >= 11 is 0. The summed E-state index contributed by atoms with van der Waals surface area (Å²) in [4.78, 5) is 0. The first kappa shape index (κ1) is 14.6. The van der Waals surface area contributed by atoms with Gasteiger partial charge in [-0.3, -0.25) is 0 Å². The highest BCUT2D eigenvalue weighted by atomic mass is 14.7. The van der Waals surface area contributed by atoms with E-state index in [1.54, 1.807) is 0 Å². The van der Waals surface area contributed by atoms with Crippen LogP contribution in [0.5, 0.6) is 0 Å². The molecule has 2 rings (SSSR count). The van der Waals surface area contributed by atoms with Gasteiger partial charge in [-0.1, -0.05) is 55.5 Å². The molecular formula is C18H29N. The lowest BCUT2D eigenvalue weighted by atomic mass is 9.84. The Balaban J connectivity index is 2.07. The molecule has 1 saturated carbocycles. The topological polar surface area (TPSA) is 26.0 Å². The average molecular weight is 259 g/mol. The van der Waals surface area contributed by atoms with E-state index < -0.39 is 0 Å². The Morgan fingerprint density at radius 2 is 1.79 bits per heavy atom. The van der Waals surface area contributed by atoms with Crippen molar-refractivity contribution in [1.82, 2.24) is 0 Å². The van der Waals surface area contributed by atoms with Gasteiger partial charge < -0.3 is 5.73 Å². The number of hydrogen-bond donors (Lipinski definition) is 1. The highest BCUT2D eigenvalue weighted by Crippen LogP contribution is 2.32. The van der Waals surface area contributed by atoms with Gasteiger partial charge in [0, 0.05) is 5.54 Å². The van der Waals surface area contributed by atoms with Crippen molar-refractivity contribution in [3.8, 4) is 0 Å². The molecule has 1 aromatic rings. The van der Waals surface area contributed by atoms with E-state index in [-0.39, 0.29) is 5.54 Å². The molecule has 0 bridgehead atoms. The predicted octanol–water partition coefficient (Wildman–Crippen LogP) is 4.53. The van der Waals surface area contributed by atoms with Crippen LogP contribution in [0.4, 0.5) is 0 Å². The molecule has 106 valence electrons. The molecule has 1 fully saturated rings. The minimum atomic E-state index is 0.0319. The van der Waals surface area contributed by atoms with Crippen molar-refractivity contribution in [2.75, 3.05) is 0 Å². The first-order chi connectivity index (χ1) is 9.00. The number of hydrogen-bond acceptors (Lipinski definition) is 1. The normalized spacial score (nSPS) is 28.1. The van der Waals surface area contributed by atoms with Crippen molar-refractivity contribution in [2.24, 2.45) is 11.7 Å². The third-order valence-corrected chi connectivity index (χ3v) is 4.75. The van der Waals surface area contributed by atoms with E-state index in [1.807, 2.05) is 0 Å². The van der Waals surface area contributed by atoms with Crippen LogP contribution >= 0.6 is 0 Å². The highest BCUT2D eigenvalue weighted by molar-refractivity contribution is 5.29. The third-order valence-electron chi connectivity index (χ3n) is 4.75. The van der Waals surface area contributed by atoms with Gasteiger partial charge in [0.1, 0.15) is 0 Å². The molecule has 19 heavy (non-hydrogen) atoms. The van der Waals surface area contributed by atoms with E-state index in [9.17, 15) is 0 Å². The van der Waals surface area contributed by atoms with Crippen molar-refractivity contribution < 1.29 is 0 Å². The lowest BCUT2D eigenvalue weighted by molar-refractivity contribution is 0.358. The van der Waals surface area contributed by atoms with Crippen molar-refractivity contribution >= 4 is 0 Å². The summed E-state index contributed by atoms with van der Waals surface area (Å²) in [6.45, 7) is 6.68. The summed E-state index contributed by atoms with van der Waals surface area (Å²) in [6.07, 6.45) is 8.75. The fourth-order valence-corrected chi connectivity index (χ4v) is 3.67.